The molecule has 2 aliphatic heterocycles. The molecule has 2 fully saturated rings. The molecule has 3 atom stereocenters. The molecule has 0 radical (unpaired) electrons. The summed E-state index contributed by atoms with van der Waals surface area (Å²) < 4.78 is 32.9. The van der Waals surface area contributed by atoms with Crippen molar-refractivity contribution in [2.24, 2.45) is 0 Å². The number of ether oxygens (including phenoxy) is 1. The Bertz CT molecular complexity index is 1070. The summed E-state index contributed by atoms with van der Waals surface area (Å²) >= 11 is 0. The number of nitrogens with one attached hydrogen (secondary N) is 2. The molecule has 0 aromatic heterocycles. The smallest absolute Gasteiger partial charge is 0.329 e. The molecule has 2 aromatic rings. The third kappa shape index (κ3) is 4.72. The van der Waals surface area contributed by atoms with Gasteiger partial charge in [-0.15, -0.1) is 0 Å². The van der Waals surface area contributed by atoms with Crippen molar-refractivity contribution in [1.29, 1.82) is 0 Å². The average Bonchev–Trinajstić information content (AvgIpc) is 3.37. The van der Waals surface area contributed by atoms with Crippen molar-refractivity contribution < 1.29 is 22.7 Å². The first-order chi connectivity index (χ1) is 14.8. The number of carbonyl (C=O) groups is 2. The summed E-state index contributed by atoms with van der Waals surface area (Å²) in [5, 5.41) is 2.59. The van der Waals surface area contributed by atoms with Crippen LogP contribution in [0.2, 0.25) is 0 Å². The van der Waals surface area contributed by atoms with Gasteiger partial charge in [-0.3, -0.25) is 4.79 Å². The van der Waals surface area contributed by atoms with Crippen molar-refractivity contribution in [2.75, 3.05) is 13.2 Å². The van der Waals surface area contributed by atoms with Crippen LogP contribution in [0.5, 0.6) is 0 Å². The first-order valence-electron chi connectivity index (χ1n) is 10.2. The van der Waals surface area contributed by atoms with Crippen LogP contribution in [0.1, 0.15) is 17.5 Å². The van der Waals surface area contributed by atoms with E-state index in [4.69, 9.17) is 4.74 Å². The number of urea groups is 1. The van der Waals surface area contributed by atoms with Crippen LogP contribution < -0.4 is 10.0 Å². The average molecular weight is 444 g/mol. The van der Waals surface area contributed by atoms with Crippen LogP contribution in [0.25, 0.3) is 0 Å². The van der Waals surface area contributed by atoms with Crippen molar-refractivity contribution in [3.8, 4) is 0 Å². The summed E-state index contributed by atoms with van der Waals surface area (Å²) in [7, 11) is -4.07. The fraction of sp³-hybridized carbons (Fsp3) is 0.364. The molecule has 2 aromatic carbocycles. The molecule has 1 unspecified atom stereocenters. The van der Waals surface area contributed by atoms with Gasteiger partial charge in [0, 0.05) is 13.0 Å². The highest BCUT2D eigenvalue weighted by molar-refractivity contribution is 7.90. The van der Waals surface area contributed by atoms with E-state index in [1.165, 1.54) is 6.07 Å². The van der Waals surface area contributed by atoms with Gasteiger partial charge in [0.2, 0.25) is 5.91 Å². The second kappa shape index (κ2) is 8.68. The Morgan fingerprint density at radius 2 is 1.84 bits per heavy atom. The van der Waals surface area contributed by atoms with Crippen molar-refractivity contribution in [2.45, 2.75) is 42.8 Å². The maximum absolute atomic E-state index is 13.2. The standard InChI is InChI=1S/C22H25N3O5S/c1-15-7-5-6-10-20(15)31(28,29)24-22(27)23-19(11-16-8-3-2-4-9-16)21(26)25-13-18-12-17(25)14-30-18/h2-10,17-19H,11-14H2,1H3,(H2,23,24,27)/t17-,18?,19-/m0/s1. The zero-order valence-corrected chi connectivity index (χ0v) is 18.0. The van der Waals surface area contributed by atoms with Gasteiger partial charge in [0.15, 0.2) is 0 Å². The molecule has 3 amide bonds. The molecule has 9 heteroatoms. The quantitative estimate of drug-likeness (QED) is 0.706. The minimum atomic E-state index is -4.07. The van der Waals surface area contributed by atoms with Crippen LogP contribution in [0.3, 0.4) is 0 Å². The highest BCUT2D eigenvalue weighted by Gasteiger charge is 2.43. The molecular formula is C22H25N3O5S. The van der Waals surface area contributed by atoms with Crippen LogP contribution in [0.15, 0.2) is 59.5 Å². The molecule has 0 spiro atoms. The van der Waals surface area contributed by atoms with E-state index in [1.54, 1.807) is 30.0 Å². The van der Waals surface area contributed by atoms with Gasteiger partial charge in [0.25, 0.3) is 10.0 Å². The van der Waals surface area contributed by atoms with Gasteiger partial charge in [-0.05, 0) is 30.5 Å². The summed E-state index contributed by atoms with van der Waals surface area (Å²) in [6.07, 6.45) is 1.07. The van der Waals surface area contributed by atoms with E-state index < -0.39 is 22.1 Å². The lowest BCUT2D eigenvalue weighted by Crippen LogP contribution is -2.55. The fourth-order valence-corrected chi connectivity index (χ4v) is 5.30. The van der Waals surface area contributed by atoms with Gasteiger partial charge in [0.1, 0.15) is 6.04 Å². The maximum Gasteiger partial charge on any atom is 0.329 e. The number of nitrogens with zero attached hydrogens (tertiary/aromatic N) is 1. The largest absolute Gasteiger partial charge is 0.374 e. The minimum absolute atomic E-state index is 0.00339. The van der Waals surface area contributed by atoms with E-state index in [0.29, 0.717) is 18.7 Å². The number of likely N-dealkylation sites (tertiary alicyclic amines) is 1. The zero-order chi connectivity index (χ0) is 22.0. The third-order valence-corrected chi connectivity index (χ3v) is 7.17. The molecule has 0 saturated carbocycles. The molecular weight excluding hydrogens is 418 g/mol. The van der Waals surface area contributed by atoms with E-state index in [1.807, 2.05) is 35.1 Å². The Morgan fingerprint density at radius 1 is 1.13 bits per heavy atom. The molecule has 31 heavy (non-hydrogen) atoms. The lowest BCUT2D eigenvalue weighted by atomic mass is 10.0. The number of benzene rings is 2. The summed E-state index contributed by atoms with van der Waals surface area (Å²) in [6.45, 7) is 2.63. The van der Waals surface area contributed by atoms with E-state index in [2.05, 4.69) is 5.32 Å². The van der Waals surface area contributed by atoms with E-state index >= 15 is 0 Å². The molecule has 2 aliphatic rings. The number of hydrogen-bond donors (Lipinski definition) is 2. The fourth-order valence-electron chi connectivity index (χ4n) is 4.14. The second-order valence-corrected chi connectivity index (χ2v) is 9.57. The predicted molar refractivity (Wildman–Crippen MR) is 114 cm³/mol. The lowest BCUT2D eigenvalue weighted by molar-refractivity contribution is -0.137. The van der Waals surface area contributed by atoms with Crippen LogP contribution in [0.4, 0.5) is 4.79 Å². The van der Waals surface area contributed by atoms with Crippen molar-refractivity contribution >= 4 is 22.0 Å². The number of hydrogen-bond acceptors (Lipinski definition) is 5. The molecule has 4 rings (SSSR count). The number of amides is 3. The Labute approximate surface area is 181 Å². The van der Waals surface area contributed by atoms with Crippen LogP contribution in [-0.2, 0) is 26.0 Å². The molecule has 2 N–H and O–H groups in total. The second-order valence-electron chi connectivity index (χ2n) is 7.92. The molecule has 2 heterocycles. The summed E-state index contributed by atoms with van der Waals surface area (Å²) in [6, 6.07) is 13.9. The number of carbonyl (C=O) groups excluding carboxylic acids is 2. The first-order valence-corrected chi connectivity index (χ1v) is 11.7. The maximum atomic E-state index is 13.2. The topological polar surface area (TPSA) is 105 Å². The van der Waals surface area contributed by atoms with Gasteiger partial charge in [0.05, 0.1) is 23.6 Å². The highest BCUT2D eigenvalue weighted by Crippen LogP contribution is 2.28. The minimum Gasteiger partial charge on any atom is -0.374 e. The first kappa shape index (κ1) is 21.3. The van der Waals surface area contributed by atoms with Gasteiger partial charge < -0.3 is 15.0 Å². The van der Waals surface area contributed by atoms with Crippen LogP contribution >= 0.6 is 0 Å². The third-order valence-electron chi connectivity index (χ3n) is 5.68. The van der Waals surface area contributed by atoms with Gasteiger partial charge in [-0.1, -0.05) is 48.5 Å². The monoisotopic (exact) mass is 443 g/mol. The Hall–Kier alpha value is -2.91. The Kier molecular flexibility index (Phi) is 5.97. The van der Waals surface area contributed by atoms with E-state index in [0.717, 1.165) is 12.0 Å². The Balaban J connectivity index is 1.50. The van der Waals surface area contributed by atoms with Crippen LogP contribution in [0, 0.1) is 6.92 Å². The molecule has 164 valence electrons. The van der Waals surface area contributed by atoms with E-state index in [9.17, 15) is 18.0 Å². The number of fused-ring (bicyclic) bond motifs is 2. The Morgan fingerprint density at radius 3 is 2.48 bits per heavy atom. The lowest BCUT2D eigenvalue weighted by Gasteiger charge is -2.31. The number of rotatable bonds is 6. The number of aryl methyl sites for hydroxylation is 1. The predicted octanol–water partition coefficient (Wildman–Crippen LogP) is 1.59. The molecule has 0 aliphatic carbocycles. The molecule has 8 nitrogen and oxygen atoms in total. The van der Waals surface area contributed by atoms with Gasteiger partial charge in [-0.25, -0.2) is 17.9 Å². The van der Waals surface area contributed by atoms with E-state index in [-0.39, 0.29) is 29.4 Å². The van der Waals surface area contributed by atoms with Gasteiger partial charge in [-0.2, -0.15) is 0 Å². The highest BCUT2D eigenvalue weighted by atomic mass is 32.2. The summed E-state index contributed by atoms with van der Waals surface area (Å²) in [5.41, 5.74) is 1.39. The van der Waals surface area contributed by atoms with Crippen molar-refractivity contribution in [3.63, 3.8) is 0 Å². The van der Waals surface area contributed by atoms with Gasteiger partial charge >= 0.3 is 6.03 Å². The summed E-state index contributed by atoms with van der Waals surface area (Å²) in [4.78, 5) is 27.6. The SMILES string of the molecule is Cc1ccccc1S(=O)(=O)NC(=O)N[C@@H](Cc1ccccc1)C(=O)N1CC2C[C@H]1CO2. The van der Waals surface area contributed by atoms with Crippen molar-refractivity contribution in [3.05, 3.63) is 65.7 Å². The van der Waals surface area contributed by atoms with Crippen molar-refractivity contribution in [1.82, 2.24) is 14.9 Å². The molecule has 2 bridgehead atoms. The van der Waals surface area contributed by atoms with Crippen LogP contribution in [-0.4, -0.2) is 56.6 Å². The number of sulfonamides is 1. The zero-order valence-electron chi connectivity index (χ0n) is 17.2. The normalized spacial score (nSPS) is 21.0. The number of morpholine rings is 1. The molecule has 2 saturated heterocycles. The summed E-state index contributed by atoms with van der Waals surface area (Å²) in [5.74, 6) is -0.233.